The van der Waals surface area contributed by atoms with E-state index in [1.54, 1.807) is 12.1 Å². The molecule has 0 aliphatic carbocycles. The predicted octanol–water partition coefficient (Wildman–Crippen LogP) is 4.24. The highest BCUT2D eigenvalue weighted by Gasteiger charge is 2.24. The summed E-state index contributed by atoms with van der Waals surface area (Å²) >= 11 is 0. The summed E-state index contributed by atoms with van der Waals surface area (Å²) in [5.74, 6) is 0.270. The number of phenols is 2. The molecule has 0 saturated heterocycles. The Labute approximate surface area is 139 Å². The molecule has 0 aromatic heterocycles. The fourth-order valence-corrected chi connectivity index (χ4v) is 2.79. The number of rotatable bonds is 10. The van der Waals surface area contributed by atoms with Crippen LogP contribution < -0.4 is 5.32 Å². The topological polar surface area (TPSA) is 69.6 Å². The Hall–Kier alpha value is -1.71. The Bertz CT molecular complexity index is 497. The van der Waals surface area contributed by atoms with Crippen LogP contribution in [0.3, 0.4) is 0 Å². The molecule has 0 atom stereocenters. The van der Waals surface area contributed by atoms with Gasteiger partial charge < -0.3 is 15.5 Å². The average molecular weight is 321 g/mol. The van der Waals surface area contributed by atoms with Crippen molar-refractivity contribution in [2.75, 3.05) is 6.54 Å². The van der Waals surface area contributed by atoms with Crippen LogP contribution in [-0.2, 0) is 10.2 Å². The van der Waals surface area contributed by atoms with Crippen molar-refractivity contribution in [1.29, 1.82) is 0 Å². The van der Waals surface area contributed by atoms with Gasteiger partial charge in [-0.25, -0.2) is 0 Å². The van der Waals surface area contributed by atoms with Crippen molar-refractivity contribution in [3.05, 3.63) is 23.8 Å². The molecule has 1 aromatic rings. The van der Waals surface area contributed by atoms with Crippen LogP contribution in [0.15, 0.2) is 18.2 Å². The molecule has 130 valence electrons. The van der Waals surface area contributed by atoms with Crippen molar-refractivity contribution in [2.45, 2.75) is 71.1 Å². The summed E-state index contributed by atoms with van der Waals surface area (Å²) in [6.07, 6.45) is 6.72. The molecule has 0 heterocycles. The number of aromatic hydroxyl groups is 2. The minimum atomic E-state index is -0.237. The standard InChI is InChI=1S/C19H31NO3/c1-4-5-6-7-13-20-18(23)9-8-12-19(2,3)16-11-10-15(21)14-17(16)22/h10-11,14,21-22H,4-9,12-13H2,1-3H3,(H,20,23). The van der Waals surface area contributed by atoms with Gasteiger partial charge in [0.1, 0.15) is 11.5 Å². The lowest BCUT2D eigenvalue weighted by atomic mass is 9.79. The van der Waals surface area contributed by atoms with Gasteiger partial charge in [-0.15, -0.1) is 0 Å². The highest BCUT2D eigenvalue weighted by molar-refractivity contribution is 5.75. The first-order chi connectivity index (χ1) is 10.9. The van der Waals surface area contributed by atoms with E-state index in [2.05, 4.69) is 12.2 Å². The molecule has 0 unspecified atom stereocenters. The van der Waals surface area contributed by atoms with Gasteiger partial charge in [-0.05, 0) is 36.3 Å². The number of amides is 1. The van der Waals surface area contributed by atoms with Crippen LogP contribution in [-0.4, -0.2) is 22.7 Å². The summed E-state index contributed by atoms with van der Waals surface area (Å²) in [6, 6.07) is 4.69. The van der Waals surface area contributed by atoms with Gasteiger partial charge in [0.15, 0.2) is 0 Å². The van der Waals surface area contributed by atoms with E-state index >= 15 is 0 Å². The molecule has 0 fully saturated rings. The fraction of sp³-hybridized carbons (Fsp3) is 0.632. The molecule has 0 bridgehead atoms. The van der Waals surface area contributed by atoms with Gasteiger partial charge in [0.25, 0.3) is 0 Å². The number of unbranched alkanes of at least 4 members (excludes halogenated alkanes) is 3. The Kier molecular flexibility index (Phi) is 7.93. The van der Waals surface area contributed by atoms with E-state index in [9.17, 15) is 15.0 Å². The lowest BCUT2D eigenvalue weighted by Gasteiger charge is -2.26. The Morgan fingerprint density at radius 2 is 1.87 bits per heavy atom. The summed E-state index contributed by atoms with van der Waals surface area (Å²) in [5, 5.41) is 22.3. The molecule has 23 heavy (non-hydrogen) atoms. The van der Waals surface area contributed by atoms with Crippen LogP contribution >= 0.6 is 0 Å². The molecular formula is C19H31NO3. The van der Waals surface area contributed by atoms with Crippen molar-refractivity contribution in [1.82, 2.24) is 5.32 Å². The van der Waals surface area contributed by atoms with E-state index in [0.717, 1.165) is 31.4 Å². The van der Waals surface area contributed by atoms with Crippen LogP contribution in [0, 0.1) is 0 Å². The van der Waals surface area contributed by atoms with Gasteiger partial charge >= 0.3 is 0 Å². The van der Waals surface area contributed by atoms with Gasteiger partial charge in [-0.1, -0.05) is 46.1 Å². The molecule has 0 aliphatic rings. The predicted molar refractivity (Wildman–Crippen MR) is 93.8 cm³/mol. The Balaban J connectivity index is 2.34. The van der Waals surface area contributed by atoms with E-state index < -0.39 is 0 Å². The van der Waals surface area contributed by atoms with E-state index in [0.29, 0.717) is 6.42 Å². The zero-order valence-electron chi connectivity index (χ0n) is 14.7. The second-order valence-corrected chi connectivity index (χ2v) is 6.85. The molecule has 0 saturated carbocycles. The Morgan fingerprint density at radius 1 is 1.13 bits per heavy atom. The number of hydrogen-bond acceptors (Lipinski definition) is 3. The minimum absolute atomic E-state index is 0.0597. The molecule has 3 N–H and O–H groups in total. The lowest BCUT2D eigenvalue weighted by molar-refractivity contribution is -0.121. The summed E-state index contributed by atoms with van der Waals surface area (Å²) < 4.78 is 0. The fourth-order valence-electron chi connectivity index (χ4n) is 2.79. The highest BCUT2D eigenvalue weighted by Crippen LogP contribution is 2.36. The quantitative estimate of drug-likeness (QED) is 0.564. The van der Waals surface area contributed by atoms with Crippen molar-refractivity contribution < 1.29 is 15.0 Å². The first-order valence-electron chi connectivity index (χ1n) is 8.66. The summed E-state index contributed by atoms with van der Waals surface area (Å²) in [6.45, 7) is 7.02. The smallest absolute Gasteiger partial charge is 0.219 e. The zero-order chi connectivity index (χ0) is 17.3. The maximum Gasteiger partial charge on any atom is 0.219 e. The van der Waals surface area contributed by atoms with Crippen molar-refractivity contribution in [3.63, 3.8) is 0 Å². The third-order valence-electron chi connectivity index (χ3n) is 4.27. The molecule has 0 radical (unpaired) electrons. The second kappa shape index (κ2) is 9.43. The monoisotopic (exact) mass is 321 g/mol. The maximum absolute atomic E-state index is 11.8. The largest absolute Gasteiger partial charge is 0.508 e. The summed E-state index contributed by atoms with van der Waals surface area (Å²) in [5.41, 5.74) is 0.564. The summed E-state index contributed by atoms with van der Waals surface area (Å²) in [7, 11) is 0. The van der Waals surface area contributed by atoms with Crippen molar-refractivity contribution in [3.8, 4) is 11.5 Å². The first kappa shape index (κ1) is 19.3. The molecule has 1 amide bonds. The van der Waals surface area contributed by atoms with Crippen LogP contribution in [0.4, 0.5) is 0 Å². The molecular weight excluding hydrogens is 290 g/mol. The highest BCUT2D eigenvalue weighted by atomic mass is 16.3. The first-order valence-corrected chi connectivity index (χ1v) is 8.66. The maximum atomic E-state index is 11.8. The third-order valence-corrected chi connectivity index (χ3v) is 4.27. The van der Waals surface area contributed by atoms with Crippen molar-refractivity contribution >= 4 is 5.91 Å². The average Bonchev–Trinajstić information content (AvgIpc) is 2.46. The number of hydrogen-bond donors (Lipinski definition) is 3. The van der Waals surface area contributed by atoms with Crippen LogP contribution in [0.25, 0.3) is 0 Å². The molecule has 4 heteroatoms. The minimum Gasteiger partial charge on any atom is -0.508 e. The normalized spacial score (nSPS) is 11.4. The molecule has 1 rings (SSSR count). The van der Waals surface area contributed by atoms with E-state index in [1.165, 1.54) is 25.3 Å². The van der Waals surface area contributed by atoms with Gasteiger partial charge in [0.05, 0.1) is 0 Å². The molecule has 0 spiro atoms. The zero-order valence-corrected chi connectivity index (χ0v) is 14.7. The number of carbonyl (C=O) groups is 1. The molecule has 4 nitrogen and oxygen atoms in total. The van der Waals surface area contributed by atoms with Gasteiger partial charge in [-0.2, -0.15) is 0 Å². The SMILES string of the molecule is CCCCCCNC(=O)CCCC(C)(C)c1ccc(O)cc1O. The van der Waals surface area contributed by atoms with Gasteiger partial charge in [0.2, 0.25) is 5.91 Å². The number of carbonyl (C=O) groups excluding carboxylic acids is 1. The third kappa shape index (κ3) is 6.93. The van der Waals surface area contributed by atoms with Crippen LogP contribution in [0.1, 0.15) is 71.3 Å². The number of benzene rings is 1. The van der Waals surface area contributed by atoms with Crippen LogP contribution in [0.5, 0.6) is 11.5 Å². The van der Waals surface area contributed by atoms with Gasteiger partial charge in [-0.3, -0.25) is 4.79 Å². The Morgan fingerprint density at radius 3 is 2.52 bits per heavy atom. The number of nitrogens with one attached hydrogen (secondary N) is 1. The van der Waals surface area contributed by atoms with Gasteiger partial charge in [0, 0.05) is 19.0 Å². The number of phenolic OH excluding ortho intramolecular Hbond substituents is 2. The molecule has 1 aromatic carbocycles. The van der Waals surface area contributed by atoms with E-state index in [-0.39, 0.29) is 22.8 Å². The van der Waals surface area contributed by atoms with E-state index in [4.69, 9.17) is 0 Å². The molecule has 0 aliphatic heterocycles. The second-order valence-electron chi connectivity index (χ2n) is 6.85. The van der Waals surface area contributed by atoms with E-state index in [1.807, 2.05) is 13.8 Å². The summed E-state index contributed by atoms with van der Waals surface area (Å²) in [4.78, 5) is 11.8. The van der Waals surface area contributed by atoms with Crippen LogP contribution in [0.2, 0.25) is 0 Å². The lowest BCUT2D eigenvalue weighted by Crippen LogP contribution is -2.25. The van der Waals surface area contributed by atoms with Crippen molar-refractivity contribution in [2.24, 2.45) is 0 Å².